The second kappa shape index (κ2) is 6.78. The van der Waals surface area contributed by atoms with E-state index in [0.29, 0.717) is 0 Å². The SMILES string of the molecule is Cc1ccc(CC2CCC2CC(C)C(C)C(C)C)cc1. The Hall–Kier alpha value is -0.780. The minimum absolute atomic E-state index is 0.820. The smallest absolute Gasteiger partial charge is 0.0248 e. The molecule has 0 saturated heterocycles. The first-order chi connectivity index (χ1) is 9.47. The molecule has 1 aliphatic carbocycles. The second-order valence-electron chi connectivity index (χ2n) is 7.60. The number of rotatable bonds is 6. The molecular formula is C20H32. The van der Waals surface area contributed by atoms with Crippen LogP contribution in [0.4, 0.5) is 0 Å². The lowest BCUT2D eigenvalue weighted by atomic mass is 9.65. The third-order valence-electron chi connectivity index (χ3n) is 5.82. The summed E-state index contributed by atoms with van der Waals surface area (Å²) in [6.07, 6.45) is 5.65. The first-order valence-electron chi connectivity index (χ1n) is 8.53. The summed E-state index contributed by atoms with van der Waals surface area (Å²) in [7, 11) is 0. The maximum absolute atomic E-state index is 2.46. The van der Waals surface area contributed by atoms with Crippen LogP contribution in [0.2, 0.25) is 0 Å². The maximum atomic E-state index is 2.46. The van der Waals surface area contributed by atoms with Crippen molar-refractivity contribution in [2.45, 2.75) is 60.3 Å². The quantitative estimate of drug-likeness (QED) is 0.606. The molecule has 0 spiro atoms. The summed E-state index contributed by atoms with van der Waals surface area (Å²) in [5.41, 5.74) is 2.91. The Morgan fingerprint density at radius 2 is 1.55 bits per heavy atom. The highest BCUT2D eigenvalue weighted by molar-refractivity contribution is 5.22. The third-order valence-corrected chi connectivity index (χ3v) is 5.82. The molecule has 1 saturated carbocycles. The Bertz CT molecular complexity index is 401. The van der Waals surface area contributed by atoms with Gasteiger partial charge in [-0.15, -0.1) is 0 Å². The molecule has 0 bridgehead atoms. The first-order valence-corrected chi connectivity index (χ1v) is 8.53. The summed E-state index contributed by atoms with van der Waals surface area (Å²) in [5.74, 6) is 4.48. The Balaban J connectivity index is 1.84. The van der Waals surface area contributed by atoms with Crippen molar-refractivity contribution in [3.63, 3.8) is 0 Å². The van der Waals surface area contributed by atoms with Gasteiger partial charge in [-0.3, -0.25) is 0 Å². The molecule has 1 aliphatic rings. The Morgan fingerprint density at radius 1 is 0.950 bits per heavy atom. The number of hydrogen-bond acceptors (Lipinski definition) is 0. The molecule has 0 aliphatic heterocycles. The fourth-order valence-corrected chi connectivity index (χ4v) is 3.59. The molecule has 112 valence electrons. The highest BCUT2D eigenvalue weighted by atomic mass is 14.4. The zero-order valence-corrected chi connectivity index (χ0v) is 14.0. The number of aryl methyl sites for hydroxylation is 1. The highest BCUT2D eigenvalue weighted by Crippen LogP contribution is 2.42. The predicted octanol–water partition coefficient (Wildman–Crippen LogP) is 5.88. The summed E-state index contributed by atoms with van der Waals surface area (Å²) in [6.45, 7) is 11.8. The van der Waals surface area contributed by atoms with E-state index in [1.807, 2.05) is 0 Å². The van der Waals surface area contributed by atoms with Gasteiger partial charge in [-0.2, -0.15) is 0 Å². The molecule has 0 amide bonds. The predicted molar refractivity (Wildman–Crippen MR) is 88.9 cm³/mol. The van der Waals surface area contributed by atoms with Crippen molar-refractivity contribution in [3.05, 3.63) is 35.4 Å². The van der Waals surface area contributed by atoms with Gasteiger partial charge < -0.3 is 0 Å². The zero-order valence-electron chi connectivity index (χ0n) is 14.0. The van der Waals surface area contributed by atoms with Gasteiger partial charge in [0, 0.05) is 0 Å². The minimum atomic E-state index is 0.820. The van der Waals surface area contributed by atoms with Gasteiger partial charge in [-0.25, -0.2) is 0 Å². The normalized spacial score (nSPS) is 25.3. The molecule has 0 N–H and O–H groups in total. The van der Waals surface area contributed by atoms with Crippen molar-refractivity contribution in [2.75, 3.05) is 0 Å². The summed E-state index contributed by atoms with van der Waals surface area (Å²) >= 11 is 0. The van der Waals surface area contributed by atoms with Crippen molar-refractivity contribution in [2.24, 2.45) is 29.6 Å². The van der Waals surface area contributed by atoms with E-state index in [1.54, 1.807) is 0 Å². The molecule has 0 heteroatoms. The summed E-state index contributed by atoms with van der Waals surface area (Å²) in [5, 5.41) is 0. The average Bonchev–Trinajstić information content (AvgIpc) is 2.41. The maximum Gasteiger partial charge on any atom is -0.0248 e. The second-order valence-corrected chi connectivity index (χ2v) is 7.60. The molecule has 1 aromatic rings. The van der Waals surface area contributed by atoms with Crippen LogP contribution >= 0.6 is 0 Å². The zero-order chi connectivity index (χ0) is 14.7. The van der Waals surface area contributed by atoms with Crippen molar-refractivity contribution in [3.8, 4) is 0 Å². The van der Waals surface area contributed by atoms with Gasteiger partial charge in [-0.05, 0) is 67.8 Å². The van der Waals surface area contributed by atoms with Crippen LogP contribution in [0.5, 0.6) is 0 Å². The first kappa shape index (κ1) is 15.6. The van der Waals surface area contributed by atoms with Crippen LogP contribution in [0, 0.1) is 36.5 Å². The molecule has 1 fully saturated rings. The molecule has 0 radical (unpaired) electrons. The van der Waals surface area contributed by atoms with Gasteiger partial charge in [0.25, 0.3) is 0 Å². The largest absolute Gasteiger partial charge is 0.0625 e. The summed E-state index contributed by atoms with van der Waals surface area (Å²) in [6, 6.07) is 9.16. The van der Waals surface area contributed by atoms with Crippen molar-refractivity contribution in [1.29, 1.82) is 0 Å². The fraction of sp³-hybridized carbons (Fsp3) is 0.700. The summed E-state index contributed by atoms with van der Waals surface area (Å²) in [4.78, 5) is 0. The van der Waals surface area contributed by atoms with E-state index in [4.69, 9.17) is 0 Å². The van der Waals surface area contributed by atoms with Gasteiger partial charge in [0.05, 0.1) is 0 Å². The number of hydrogen-bond donors (Lipinski definition) is 0. The lowest BCUT2D eigenvalue weighted by Gasteiger charge is -2.40. The van der Waals surface area contributed by atoms with Crippen LogP contribution in [0.1, 0.15) is 58.1 Å². The van der Waals surface area contributed by atoms with E-state index < -0.39 is 0 Å². The fourth-order valence-electron chi connectivity index (χ4n) is 3.59. The highest BCUT2D eigenvalue weighted by Gasteiger charge is 2.33. The van der Waals surface area contributed by atoms with Crippen LogP contribution in [0.15, 0.2) is 24.3 Å². The lowest BCUT2D eigenvalue weighted by molar-refractivity contribution is 0.119. The van der Waals surface area contributed by atoms with E-state index in [0.717, 1.165) is 29.6 Å². The van der Waals surface area contributed by atoms with E-state index in [-0.39, 0.29) is 0 Å². The van der Waals surface area contributed by atoms with Crippen LogP contribution in [-0.2, 0) is 6.42 Å². The van der Waals surface area contributed by atoms with Crippen molar-refractivity contribution in [1.82, 2.24) is 0 Å². The van der Waals surface area contributed by atoms with Crippen LogP contribution < -0.4 is 0 Å². The summed E-state index contributed by atoms with van der Waals surface area (Å²) < 4.78 is 0. The monoisotopic (exact) mass is 272 g/mol. The van der Waals surface area contributed by atoms with E-state index in [9.17, 15) is 0 Å². The van der Waals surface area contributed by atoms with Gasteiger partial charge in [0.1, 0.15) is 0 Å². The molecule has 0 nitrogen and oxygen atoms in total. The minimum Gasteiger partial charge on any atom is -0.0625 e. The van der Waals surface area contributed by atoms with Gasteiger partial charge in [-0.1, -0.05) is 57.5 Å². The molecule has 0 aromatic heterocycles. The molecule has 2 rings (SSSR count). The molecular weight excluding hydrogens is 240 g/mol. The van der Waals surface area contributed by atoms with Gasteiger partial charge in [0.15, 0.2) is 0 Å². The molecule has 4 unspecified atom stereocenters. The lowest BCUT2D eigenvalue weighted by Crippen LogP contribution is -2.31. The van der Waals surface area contributed by atoms with Crippen LogP contribution in [0.25, 0.3) is 0 Å². The Morgan fingerprint density at radius 3 is 2.05 bits per heavy atom. The van der Waals surface area contributed by atoms with E-state index in [1.165, 1.54) is 36.8 Å². The standard InChI is InChI=1S/C20H32/c1-14(2)17(5)16(4)12-19-10-11-20(19)13-18-8-6-15(3)7-9-18/h6-9,14,16-17,19-20H,10-13H2,1-5H3. The van der Waals surface area contributed by atoms with Crippen LogP contribution in [0.3, 0.4) is 0 Å². The third kappa shape index (κ3) is 3.87. The molecule has 4 atom stereocenters. The van der Waals surface area contributed by atoms with E-state index in [2.05, 4.69) is 58.9 Å². The Kier molecular flexibility index (Phi) is 5.29. The van der Waals surface area contributed by atoms with Crippen molar-refractivity contribution >= 4 is 0 Å². The van der Waals surface area contributed by atoms with Crippen molar-refractivity contribution < 1.29 is 0 Å². The topological polar surface area (TPSA) is 0 Å². The molecule has 20 heavy (non-hydrogen) atoms. The average molecular weight is 272 g/mol. The number of benzene rings is 1. The van der Waals surface area contributed by atoms with Gasteiger partial charge in [0.2, 0.25) is 0 Å². The molecule has 1 aromatic carbocycles. The Labute approximate surface area is 126 Å². The molecule has 0 heterocycles. The van der Waals surface area contributed by atoms with E-state index >= 15 is 0 Å². The van der Waals surface area contributed by atoms with Gasteiger partial charge >= 0.3 is 0 Å². The van der Waals surface area contributed by atoms with Crippen LogP contribution in [-0.4, -0.2) is 0 Å².